The highest BCUT2D eigenvalue weighted by molar-refractivity contribution is 5.89. The van der Waals surface area contributed by atoms with Crippen LogP contribution in [0.2, 0.25) is 0 Å². The second kappa shape index (κ2) is 6.20. The van der Waals surface area contributed by atoms with Gasteiger partial charge in [0.1, 0.15) is 5.60 Å². The van der Waals surface area contributed by atoms with Crippen molar-refractivity contribution < 1.29 is 9.90 Å². The van der Waals surface area contributed by atoms with Crippen molar-refractivity contribution in [3.63, 3.8) is 0 Å². The summed E-state index contributed by atoms with van der Waals surface area (Å²) in [7, 11) is 0. The van der Waals surface area contributed by atoms with E-state index in [0.717, 1.165) is 24.1 Å². The Kier molecular flexibility index (Phi) is 4.11. The number of carbonyl (C=O) groups is 1. The van der Waals surface area contributed by atoms with Crippen LogP contribution in [0.25, 0.3) is 0 Å². The molecule has 1 saturated carbocycles. The van der Waals surface area contributed by atoms with Gasteiger partial charge in [-0.1, -0.05) is 48.5 Å². The summed E-state index contributed by atoms with van der Waals surface area (Å²) in [4.78, 5) is 12.0. The minimum Gasteiger partial charge on any atom is -0.383 e. The van der Waals surface area contributed by atoms with Gasteiger partial charge in [0.25, 0.3) is 0 Å². The lowest BCUT2D eigenvalue weighted by Crippen LogP contribution is -2.43. The monoisotopic (exact) mass is 296 g/mol. The minimum atomic E-state index is -0.991. The van der Waals surface area contributed by atoms with Crippen molar-refractivity contribution in [1.82, 2.24) is 5.32 Å². The van der Waals surface area contributed by atoms with Crippen LogP contribution in [0.15, 0.2) is 60.7 Å². The molecule has 1 aliphatic carbocycles. The molecule has 2 amide bonds. The highest BCUT2D eigenvalue weighted by Crippen LogP contribution is 2.45. The maximum absolute atomic E-state index is 12.0. The van der Waals surface area contributed by atoms with Crippen LogP contribution in [0.3, 0.4) is 0 Å². The number of para-hydroxylation sites is 1. The van der Waals surface area contributed by atoms with E-state index in [-0.39, 0.29) is 18.5 Å². The molecule has 0 radical (unpaired) electrons. The van der Waals surface area contributed by atoms with E-state index in [1.807, 2.05) is 60.7 Å². The van der Waals surface area contributed by atoms with Gasteiger partial charge in [0, 0.05) is 5.69 Å². The van der Waals surface area contributed by atoms with E-state index in [1.54, 1.807) is 0 Å². The second-order valence-corrected chi connectivity index (χ2v) is 5.74. The highest BCUT2D eigenvalue weighted by atomic mass is 16.3. The number of hydrogen-bond donors (Lipinski definition) is 3. The average Bonchev–Trinajstić information content (AvgIpc) is 3.40. The maximum atomic E-state index is 12.0. The molecule has 0 aromatic heterocycles. The summed E-state index contributed by atoms with van der Waals surface area (Å²) in [5, 5.41) is 16.6. The fourth-order valence-corrected chi connectivity index (χ4v) is 2.68. The van der Waals surface area contributed by atoms with Gasteiger partial charge in [-0.25, -0.2) is 4.79 Å². The molecule has 0 unspecified atom stereocenters. The van der Waals surface area contributed by atoms with Gasteiger partial charge < -0.3 is 15.7 Å². The topological polar surface area (TPSA) is 61.4 Å². The summed E-state index contributed by atoms with van der Waals surface area (Å²) in [6, 6.07) is 18.5. The van der Waals surface area contributed by atoms with Crippen molar-refractivity contribution >= 4 is 11.7 Å². The van der Waals surface area contributed by atoms with E-state index < -0.39 is 5.60 Å². The number of carbonyl (C=O) groups excluding carboxylic acids is 1. The summed E-state index contributed by atoms with van der Waals surface area (Å²) in [5.41, 5.74) is 0.599. The van der Waals surface area contributed by atoms with Crippen LogP contribution in [0, 0.1) is 5.92 Å². The predicted molar refractivity (Wildman–Crippen MR) is 86.5 cm³/mol. The SMILES string of the molecule is O=C(NC[C@](O)(c1ccccc1)C1CC1)Nc1ccccc1. The fraction of sp³-hybridized carbons (Fsp3) is 0.278. The zero-order chi connectivity index (χ0) is 15.4. The van der Waals surface area contributed by atoms with Gasteiger partial charge >= 0.3 is 6.03 Å². The second-order valence-electron chi connectivity index (χ2n) is 5.74. The molecule has 0 aliphatic heterocycles. The van der Waals surface area contributed by atoms with E-state index in [0.29, 0.717) is 0 Å². The van der Waals surface area contributed by atoms with Crippen molar-refractivity contribution in [3.05, 3.63) is 66.2 Å². The van der Waals surface area contributed by atoms with Gasteiger partial charge in [0.05, 0.1) is 6.54 Å². The molecule has 3 rings (SSSR count). The third-order valence-electron chi connectivity index (χ3n) is 4.08. The number of anilines is 1. The van der Waals surface area contributed by atoms with E-state index >= 15 is 0 Å². The Morgan fingerprint density at radius 1 is 1.05 bits per heavy atom. The lowest BCUT2D eigenvalue weighted by Gasteiger charge is -2.29. The first-order valence-corrected chi connectivity index (χ1v) is 7.56. The maximum Gasteiger partial charge on any atom is 0.319 e. The summed E-state index contributed by atoms with van der Waals surface area (Å²) in [5.74, 6) is 0.215. The van der Waals surface area contributed by atoms with E-state index in [4.69, 9.17) is 0 Å². The minimum absolute atomic E-state index is 0.209. The van der Waals surface area contributed by atoms with Gasteiger partial charge in [-0.15, -0.1) is 0 Å². The van der Waals surface area contributed by atoms with Crippen LogP contribution in [0.5, 0.6) is 0 Å². The fourth-order valence-electron chi connectivity index (χ4n) is 2.68. The van der Waals surface area contributed by atoms with Crippen molar-refractivity contribution in [2.75, 3.05) is 11.9 Å². The zero-order valence-corrected chi connectivity index (χ0v) is 12.3. The largest absolute Gasteiger partial charge is 0.383 e. The third kappa shape index (κ3) is 3.28. The van der Waals surface area contributed by atoms with E-state index in [1.165, 1.54) is 0 Å². The van der Waals surface area contributed by atoms with Gasteiger partial charge in [-0.05, 0) is 36.5 Å². The molecular formula is C18H20N2O2. The summed E-state index contributed by atoms with van der Waals surface area (Å²) in [6.07, 6.45) is 1.99. The Balaban J connectivity index is 1.64. The van der Waals surface area contributed by atoms with E-state index in [2.05, 4.69) is 10.6 Å². The molecule has 22 heavy (non-hydrogen) atoms. The van der Waals surface area contributed by atoms with Crippen molar-refractivity contribution in [1.29, 1.82) is 0 Å². The Labute approximate surface area is 130 Å². The Hall–Kier alpha value is -2.33. The first-order valence-electron chi connectivity index (χ1n) is 7.56. The molecule has 114 valence electrons. The van der Waals surface area contributed by atoms with Gasteiger partial charge in [-0.3, -0.25) is 0 Å². The molecule has 1 aliphatic rings. The molecule has 4 nitrogen and oxygen atoms in total. The molecule has 1 fully saturated rings. The van der Waals surface area contributed by atoms with Gasteiger partial charge in [-0.2, -0.15) is 0 Å². The number of urea groups is 1. The van der Waals surface area contributed by atoms with Crippen LogP contribution in [-0.4, -0.2) is 17.7 Å². The molecule has 0 heterocycles. The molecule has 3 N–H and O–H groups in total. The number of aliphatic hydroxyl groups is 1. The smallest absolute Gasteiger partial charge is 0.319 e. The summed E-state index contributed by atoms with van der Waals surface area (Å²) < 4.78 is 0. The Morgan fingerprint density at radius 2 is 1.64 bits per heavy atom. The molecule has 0 saturated heterocycles. The van der Waals surface area contributed by atoms with Crippen LogP contribution in [0.1, 0.15) is 18.4 Å². The highest BCUT2D eigenvalue weighted by Gasteiger charge is 2.45. The van der Waals surface area contributed by atoms with Crippen molar-refractivity contribution in [2.24, 2.45) is 5.92 Å². The molecule has 0 bridgehead atoms. The Morgan fingerprint density at radius 3 is 2.23 bits per heavy atom. The molecule has 4 heteroatoms. The summed E-state index contributed by atoms with van der Waals surface area (Å²) >= 11 is 0. The number of benzene rings is 2. The quantitative estimate of drug-likeness (QED) is 0.794. The molecule has 2 aromatic rings. The standard InChI is InChI=1S/C18H20N2O2/c21-17(20-16-9-5-2-6-10-16)19-13-18(22,15-11-12-15)14-7-3-1-4-8-14/h1-10,15,22H,11-13H2,(H2,19,20,21)/t18-/m0/s1. The average molecular weight is 296 g/mol. The number of nitrogens with one attached hydrogen (secondary N) is 2. The number of amides is 2. The molecular weight excluding hydrogens is 276 g/mol. The third-order valence-corrected chi connectivity index (χ3v) is 4.08. The van der Waals surface area contributed by atoms with E-state index in [9.17, 15) is 9.90 Å². The van der Waals surface area contributed by atoms with Crippen molar-refractivity contribution in [3.8, 4) is 0 Å². The normalized spacial score (nSPS) is 16.6. The van der Waals surface area contributed by atoms with Gasteiger partial charge in [0.2, 0.25) is 0 Å². The van der Waals surface area contributed by atoms with Crippen LogP contribution >= 0.6 is 0 Å². The lowest BCUT2D eigenvalue weighted by molar-refractivity contribution is 0.0164. The number of rotatable bonds is 5. The summed E-state index contributed by atoms with van der Waals surface area (Å²) in [6.45, 7) is 0.209. The van der Waals surface area contributed by atoms with Gasteiger partial charge in [0.15, 0.2) is 0 Å². The van der Waals surface area contributed by atoms with Crippen LogP contribution in [-0.2, 0) is 5.60 Å². The van der Waals surface area contributed by atoms with Crippen molar-refractivity contribution in [2.45, 2.75) is 18.4 Å². The molecule has 2 aromatic carbocycles. The lowest BCUT2D eigenvalue weighted by atomic mass is 9.89. The predicted octanol–water partition coefficient (Wildman–Crippen LogP) is 3.11. The van der Waals surface area contributed by atoms with Crippen LogP contribution < -0.4 is 10.6 Å². The molecule has 1 atom stereocenters. The first-order chi connectivity index (χ1) is 10.7. The first kappa shape index (κ1) is 14.6. The molecule has 0 spiro atoms. The number of hydrogen-bond acceptors (Lipinski definition) is 2. The Bertz CT molecular complexity index is 626. The van der Waals surface area contributed by atoms with Crippen LogP contribution in [0.4, 0.5) is 10.5 Å². The zero-order valence-electron chi connectivity index (χ0n) is 12.3.